The lowest BCUT2D eigenvalue weighted by Gasteiger charge is -2.05. The van der Waals surface area contributed by atoms with Gasteiger partial charge in [-0.2, -0.15) is 0 Å². The summed E-state index contributed by atoms with van der Waals surface area (Å²) in [5, 5.41) is 6.47. The first-order valence-corrected chi connectivity index (χ1v) is 6.56. The number of nitrogens with zero attached hydrogens (tertiary/aromatic N) is 1. The van der Waals surface area contributed by atoms with Gasteiger partial charge in [0.1, 0.15) is 4.99 Å². The van der Waals surface area contributed by atoms with Crippen LogP contribution in [0.3, 0.4) is 0 Å². The van der Waals surface area contributed by atoms with Gasteiger partial charge < -0.3 is 11.1 Å². The van der Waals surface area contributed by atoms with Crippen molar-refractivity contribution in [3.05, 3.63) is 46.4 Å². The largest absolute Gasteiger partial charge is 0.389 e. The number of rotatable bonds is 5. The number of thiocarbonyl (C=S) groups is 1. The number of hydrogen-bond acceptors (Lipinski definition) is 4. The molecule has 88 valence electrons. The van der Waals surface area contributed by atoms with Gasteiger partial charge in [0.2, 0.25) is 0 Å². The summed E-state index contributed by atoms with van der Waals surface area (Å²) in [4.78, 5) is 4.66. The van der Waals surface area contributed by atoms with Crippen molar-refractivity contribution in [3.8, 4) is 0 Å². The summed E-state index contributed by atoms with van der Waals surface area (Å²) in [6.45, 7) is 0.875. The molecular weight excluding hydrogens is 250 g/mol. The highest BCUT2D eigenvalue weighted by Gasteiger charge is 1.98. The molecule has 0 aliphatic heterocycles. The average molecular weight is 263 g/mol. The van der Waals surface area contributed by atoms with Crippen LogP contribution in [-0.2, 0) is 6.42 Å². The molecule has 0 spiro atoms. The number of aromatic nitrogens is 1. The van der Waals surface area contributed by atoms with Crippen LogP contribution in [-0.4, -0.2) is 16.5 Å². The Labute approximate surface area is 110 Å². The van der Waals surface area contributed by atoms with Crippen LogP contribution in [0, 0.1) is 0 Å². The fourth-order valence-electron chi connectivity index (χ4n) is 1.44. The molecule has 0 amide bonds. The third-order valence-electron chi connectivity index (χ3n) is 2.32. The summed E-state index contributed by atoms with van der Waals surface area (Å²) in [5.41, 5.74) is 7.50. The Morgan fingerprint density at radius 2 is 2.12 bits per heavy atom. The maximum Gasteiger partial charge on any atom is 0.103 e. The van der Waals surface area contributed by atoms with Crippen molar-refractivity contribution < 1.29 is 0 Å². The standard InChI is InChI=1S/C12H13N3S2/c13-12(16)9-1-3-10(4-2-9)14-6-5-11-15-7-8-17-11/h1-4,7-8,14H,5-6H2,(H2,13,16). The summed E-state index contributed by atoms with van der Waals surface area (Å²) < 4.78 is 0. The van der Waals surface area contributed by atoms with Gasteiger partial charge in [0.15, 0.2) is 0 Å². The summed E-state index contributed by atoms with van der Waals surface area (Å²) in [6.07, 6.45) is 2.77. The first-order chi connectivity index (χ1) is 8.25. The minimum Gasteiger partial charge on any atom is -0.389 e. The first kappa shape index (κ1) is 12.0. The molecular formula is C12H13N3S2. The van der Waals surface area contributed by atoms with Crippen LogP contribution in [0.25, 0.3) is 0 Å². The van der Waals surface area contributed by atoms with Crippen LogP contribution in [0.1, 0.15) is 10.6 Å². The lowest BCUT2D eigenvalue weighted by molar-refractivity contribution is 0.998. The van der Waals surface area contributed by atoms with Crippen LogP contribution < -0.4 is 11.1 Å². The van der Waals surface area contributed by atoms with Crippen molar-refractivity contribution in [2.24, 2.45) is 5.73 Å². The molecule has 1 aromatic carbocycles. The molecule has 3 N–H and O–H groups in total. The Bertz CT molecular complexity index is 477. The van der Waals surface area contributed by atoms with Gasteiger partial charge in [-0.3, -0.25) is 0 Å². The van der Waals surface area contributed by atoms with E-state index in [2.05, 4.69) is 10.3 Å². The number of benzene rings is 1. The van der Waals surface area contributed by atoms with Gasteiger partial charge in [0.25, 0.3) is 0 Å². The predicted octanol–water partition coefficient (Wildman–Crippen LogP) is 2.43. The molecule has 0 saturated heterocycles. The van der Waals surface area contributed by atoms with E-state index in [4.69, 9.17) is 18.0 Å². The van der Waals surface area contributed by atoms with Crippen molar-refractivity contribution in [2.45, 2.75) is 6.42 Å². The molecule has 0 bridgehead atoms. The highest BCUT2D eigenvalue weighted by Crippen LogP contribution is 2.10. The quantitative estimate of drug-likeness (QED) is 0.814. The van der Waals surface area contributed by atoms with E-state index in [1.807, 2.05) is 35.8 Å². The van der Waals surface area contributed by atoms with E-state index in [9.17, 15) is 0 Å². The molecule has 5 heteroatoms. The fourth-order valence-corrected chi connectivity index (χ4v) is 2.20. The number of anilines is 1. The number of thiazole rings is 1. The van der Waals surface area contributed by atoms with Crippen molar-refractivity contribution >= 4 is 34.2 Å². The number of nitrogens with two attached hydrogens (primary N) is 1. The Kier molecular flexibility index (Phi) is 4.06. The zero-order valence-corrected chi connectivity index (χ0v) is 10.9. The van der Waals surface area contributed by atoms with Crippen molar-refractivity contribution in [1.82, 2.24) is 4.98 Å². The molecule has 0 radical (unpaired) electrons. The predicted molar refractivity (Wildman–Crippen MR) is 76.6 cm³/mol. The summed E-state index contributed by atoms with van der Waals surface area (Å²) in [6, 6.07) is 7.81. The topological polar surface area (TPSA) is 50.9 Å². The summed E-state index contributed by atoms with van der Waals surface area (Å²) in [7, 11) is 0. The molecule has 17 heavy (non-hydrogen) atoms. The Balaban J connectivity index is 1.85. The monoisotopic (exact) mass is 263 g/mol. The van der Waals surface area contributed by atoms with Gasteiger partial charge in [-0.05, 0) is 24.3 Å². The molecule has 0 aliphatic rings. The van der Waals surface area contributed by atoms with Crippen LogP contribution >= 0.6 is 23.6 Å². The third-order valence-corrected chi connectivity index (χ3v) is 3.40. The van der Waals surface area contributed by atoms with E-state index < -0.39 is 0 Å². The van der Waals surface area contributed by atoms with Crippen molar-refractivity contribution in [3.63, 3.8) is 0 Å². The summed E-state index contributed by atoms with van der Waals surface area (Å²) >= 11 is 6.58. The highest BCUT2D eigenvalue weighted by atomic mass is 32.1. The van der Waals surface area contributed by atoms with Crippen molar-refractivity contribution in [2.75, 3.05) is 11.9 Å². The van der Waals surface area contributed by atoms with E-state index in [-0.39, 0.29) is 0 Å². The Hall–Kier alpha value is -1.46. The van der Waals surface area contributed by atoms with E-state index in [1.54, 1.807) is 11.3 Å². The number of nitrogens with one attached hydrogen (secondary N) is 1. The molecule has 2 rings (SSSR count). The van der Waals surface area contributed by atoms with Gasteiger partial charge in [-0.25, -0.2) is 4.98 Å². The van der Waals surface area contributed by atoms with E-state index in [1.165, 1.54) is 0 Å². The molecule has 2 aromatic rings. The van der Waals surface area contributed by atoms with Gasteiger partial charge in [-0.1, -0.05) is 12.2 Å². The summed E-state index contributed by atoms with van der Waals surface area (Å²) in [5.74, 6) is 0. The highest BCUT2D eigenvalue weighted by molar-refractivity contribution is 7.80. The maximum atomic E-state index is 5.53. The van der Waals surface area contributed by atoms with Crippen molar-refractivity contribution in [1.29, 1.82) is 0 Å². The van der Waals surface area contributed by atoms with Gasteiger partial charge in [-0.15, -0.1) is 11.3 Å². The number of hydrogen-bond donors (Lipinski definition) is 2. The second-order valence-corrected chi connectivity index (χ2v) is 4.96. The second-order valence-electron chi connectivity index (χ2n) is 3.54. The molecule has 3 nitrogen and oxygen atoms in total. The van der Waals surface area contributed by atoms with Gasteiger partial charge in [0, 0.05) is 35.8 Å². The lowest BCUT2D eigenvalue weighted by Crippen LogP contribution is -2.09. The molecule has 0 aliphatic carbocycles. The zero-order chi connectivity index (χ0) is 12.1. The van der Waals surface area contributed by atoms with Crippen LogP contribution in [0.4, 0.5) is 5.69 Å². The first-order valence-electron chi connectivity index (χ1n) is 5.28. The van der Waals surface area contributed by atoms with Gasteiger partial charge in [0.05, 0.1) is 5.01 Å². The molecule has 0 saturated carbocycles. The normalized spacial score (nSPS) is 10.1. The molecule has 0 unspecified atom stereocenters. The van der Waals surface area contributed by atoms with Crippen LogP contribution in [0.2, 0.25) is 0 Å². The minimum absolute atomic E-state index is 0.430. The zero-order valence-electron chi connectivity index (χ0n) is 9.22. The second kappa shape index (κ2) is 5.75. The van der Waals surface area contributed by atoms with Crippen LogP contribution in [0.15, 0.2) is 35.8 Å². The third kappa shape index (κ3) is 3.51. The SMILES string of the molecule is NC(=S)c1ccc(NCCc2nccs2)cc1. The lowest BCUT2D eigenvalue weighted by atomic mass is 10.2. The Morgan fingerprint density at radius 3 is 2.71 bits per heavy atom. The van der Waals surface area contributed by atoms with E-state index in [0.29, 0.717) is 4.99 Å². The van der Waals surface area contributed by atoms with E-state index >= 15 is 0 Å². The average Bonchev–Trinajstić information content (AvgIpc) is 2.83. The minimum atomic E-state index is 0.430. The maximum absolute atomic E-state index is 5.53. The Morgan fingerprint density at radius 1 is 1.35 bits per heavy atom. The molecule has 0 atom stereocenters. The molecule has 0 fully saturated rings. The fraction of sp³-hybridized carbons (Fsp3) is 0.167. The smallest absolute Gasteiger partial charge is 0.103 e. The molecule has 1 heterocycles. The molecule has 1 aromatic heterocycles. The van der Waals surface area contributed by atoms with E-state index in [0.717, 1.165) is 29.2 Å². The van der Waals surface area contributed by atoms with Gasteiger partial charge >= 0.3 is 0 Å². The van der Waals surface area contributed by atoms with Crippen LogP contribution in [0.5, 0.6) is 0 Å².